The number of ketones is 1. The van der Waals surface area contributed by atoms with Crippen LogP contribution < -0.4 is 4.74 Å². The Bertz CT molecular complexity index is 711. The minimum absolute atomic E-state index is 0.0619. The van der Waals surface area contributed by atoms with Crippen LogP contribution in [0.15, 0.2) is 48.0 Å². The van der Waals surface area contributed by atoms with Crippen molar-refractivity contribution in [3.8, 4) is 5.75 Å². The normalized spacial score (nSPS) is 15.9. The number of aryl methyl sites for hydroxylation is 2. The minimum atomic E-state index is 0.0619. The molecule has 20 heavy (non-hydrogen) atoms. The molecular formula is C18H16O2. The van der Waals surface area contributed by atoms with Gasteiger partial charge in [0, 0.05) is 5.57 Å². The van der Waals surface area contributed by atoms with Crippen LogP contribution in [0.1, 0.15) is 27.0 Å². The summed E-state index contributed by atoms with van der Waals surface area (Å²) in [6.45, 7) is 4.46. The molecule has 1 aliphatic rings. The molecule has 2 aromatic carbocycles. The number of fused-ring (bicyclic) bond motifs is 1. The Kier molecular flexibility index (Phi) is 3.15. The Labute approximate surface area is 118 Å². The molecule has 0 spiro atoms. The zero-order valence-electron chi connectivity index (χ0n) is 11.6. The molecule has 0 saturated carbocycles. The highest BCUT2D eigenvalue weighted by Crippen LogP contribution is 2.28. The van der Waals surface area contributed by atoms with E-state index in [1.54, 1.807) is 0 Å². The smallest absolute Gasteiger partial charge is 0.196 e. The highest BCUT2D eigenvalue weighted by atomic mass is 16.5. The molecule has 0 aromatic heterocycles. The molecule has 1 heterocycles. The van der Waals surface area contributed by atoms with Gasteiger partial charge in [-0.3, -0.25) is 4.79 Å². The Morgan fingerprint density at radius 1 is 1.10 bits per heavy atom. The summed E-state index contributed by atoms with van der Waals surface area (Å²) < 4.78 is 5.65. The summed E-state index contributed by atoms with van der Waals surface area (Å²) in [7, 11) is 0. The third-order valence-corrected chi connectivity index (χ3v) is 3.56. The van der Waals surface area contributed by atoms with Crippen LogP contribution in [0.4, 0.5) is 0 Å². The van der Waals surface area contributed by atoms with Gasteiger partial charge >= 0.3 is 0 Å². The van der Waals surface area contributed by atoms with Gasteiger partial charge in [-0.2, -0.15) is 0 Å². The molecule has 1 aliphatic heterocycles. The first-order chi connectivity index (χ1) is 9.65. The van der Waals surface area contributed by atoms with Gasteiger partial charge in [-0.05, 0) is 43.2 Å². The fourth-order valence-electron chi connectivity index (χ4n) is 2.46. The maximum Gasteiger partial charge on any atom is 0.196 e. The van der Waals surface area contributed by atoms with E-state index in [4.69, 9.17) is 4.74 Å². The third kappa shape index (κ3) is 2.25. The van der Waals surface area contributed by atoms with E-state index < -0.39 is 0 Å². The summed E-state index contributed by atoms with van der Waals surface area (Å²) in [6.07, 6.45) is 1.94. The molecule has 2 nitrogen and oxygen atoms in total. The van der Waals surface area contributed by atoms with Gasteiger partial charge in [-0.1, -0.05) is 35.9 Å². The van der Waals surface area contributed by atoms with Gasteiger partial charge in [0.2, 0.25) is 0 Å². The Morgan fingerprint density at radius 3 is 2.70 bits per heavy atom. The molecule has 0 unspecified atom stereocenters. The summed E-state index contributed by atoms with van der Waals surface area (Å²) in [4.78, 5) is 12.5. The van der Waals surface area contributed by atoms with E-state index >= 15 is 0 Å². The first kappa shape index (κ1) is 12.7. The lowest BCUT2D eigenvalue weighted by Gasteiger charge is -2.18. The molecule has 0 fully saturated rings. The fourth-order valence-corrected chi connectivity index (χ4v) is 2.46. The molecule has 0 aliphatic carbocycles. The molecule has 0 amide bonds. The van der Waals surface area contributed by atoms with Gasteiger partial charge in [0.25, 0.3) is 0 Å². The SMILES string of the molecule is Cc1ccc(C=C2COc3ccccc3C2=O)c(C)c1. The lowest BCUT2D eigenvalue weighted by molar-refractivity contribution is 0.100. The van der Waals surface area contributed by atoms with Crippen molar-refractivity contribution < 1.29 is 9.53 Å². The topological polar surface area (TPSA) is 26.3 Å². The molecule has 0 atom stereocenters. The second-order valence-corrected chi connectivity index (χ2v) is 5.14. The Morgan fingerprint density at radius 2 is 1.90 bits per heavy atom. The summed E-state index contributed by atoms with van der Waals surface area (Å²) in [5.41, 5.74) is 4.82. The van der Waals surface area contributed by atoms with Crippen molar-refractivity contribution >= 4 is 11.9 Å². The predicted molar refractivity (Wildman–Crippen MR) is 80.2 cm³/mol. The van der Waals surface area contributed by atoms with E-state index in [-0.39, 0.29) is 5.78 Å². The first-order valence-corrected chi connectivity index (χ1v) is 6.69. The summed E-state index contributed by atoms with van der Waals surface area (Å²) in [5.74, 6) is 0.738. The highest BCUT2D eigenvalue weighted by Gasteiger charge is 2.22. The second kappa shape index (κ2) is 4.97. The van der Waals surface area contributed by atoms with E-state index in [9.17, 15) is 4.79 Å². The van der Waals surface area contributed by atoms with Gasteiger partial charge in [-0.25, -0.2) is 0 Å². The molecule has 100 valence electrons. The minimum Gasteiger partial charge on any atom is -0.488 e. The molecule has 3 rings (SSSR count). The summed E-state index contributed by atoms with van der Waals surface area (Å²) in [6, 6.07) is 13.6. The number of rotatable bonds is 1. The van der Waals surface area contributed by atoms with Gasteiger partial charge in [0.1, 0.15) is 12.4 Å². The average molecular weight is 264 g/mol. The van der Waals surface area contributed by atoms with Crippen molar-refractivity contribution in [1.82, 2.24) is 0 Å². The van der Waals surface area contributed by atoms with Crippen molar-refractivity contribution in [2.75, 3.05) is 6.61 Å². The number of carbonyl (C=O) groups is 1. The van der Waals surface area contributed by atoms with Crippen molar-refractivity contribution in [2.45, 2.75) is 13.8 Å². The quantitative estimate of drug-likeness (QED) is 0.729. The van der Waals surface area contributed by atoms with Crippen LogP contribution in [0, 0.1) is 13.8 Å². The molecule has 0 saturated heterocycles. The molecule has 0 N–H and O–H groups in total. The van der Waals surface area contributed by atoms with Gasteiger partial charge in [0.05, 0.1) is 5.56 Å². The summed E-state index contributed by atoms with van der Waals surface area (Å²) >= 11 is 0. The van der Waals surface area contributed by atoms with Crippen LogP contribution in [0.5, 0.6) is 5.75 Å². The lowest BCUT2D eigenvalue weighted by Crippen LogP contribution is -2.18. The highest BCUT2D eigenvalue weighted by molar-refractivity contribution is 6.14. The van der Waals surface area contributed by atoms with E-state index in [0.29, 0.717) is 23.5 Å². The maximum atomic E-state index is 12.5. The van der Waals surface area contributed by atoms with E-state index in [1.165, 1.54) is 11.1 Å². The lowest BCUT2D eigenvalue weighted by atomic mass is 9.96. The number of benzene rings is 2. The number of hydrogen-bond donors (Lipinski definition) is 0. The van der Waals surface area contributed by atoms with E-state index in [2.05, 4.69) is 26.0 Å². The number of ether oxygens (including phenoxy) is 1. The molecule has 0 bridgehead atoms. The molecule has 2 aromatic rings. The van der Waals surface area contributed by atoms with Crippen molar-refractivity contribution in [3.05, 3.63) is 70.3 Å². The van der Waals surface area contributed by atoms with Crippen LogP contribution in [0.25, 0.3) is 6.08 Å². The molecular weight excluding hydrogens is 248 g/mol. The monoisotopic (exact) mass is 264 g/mol. The maximum absolute atomic E-state index is 12.5. The summed E-state index contributed by atoms with van der Waals surface area (Å²) in [5, 5.41) is 0. The number of carbonyl (C=O) groups excluding carboxylic acids is 1. The second-order valence-electron chi connectivity index (χ2n) is 5.14. The van der Waals surface area contributed by atoms with Crippen LogP contribution in [-0.2, 0) is 0 Å². The van der Waals surface area contributed by atoms with Crippen LogP contribution in [0.2, 0.25) is 0 Å². The predicted octanol–water partition coefficient (Wildman–Crippen LogP) is 3.96. The van der Waals surface area contributed by atoms with Gasteiger partial charge in [0.15, 0.2) is 5.78 Å². The number of hydrogen-bond acceptors (Lipinski definition) is 2. The molecule has 0 radical (unpaired) electrons. The third-order valence-electron chi connectivity index (χ3n) is 3.56. The van der Waals surface area contributed by atoms with Gasteiger partial charge < -0.3 is 4.74 Å². The van der Waals surface area contributed by atoms with E-state index in [1.807, 2.05) is 36.4 Å². The van der Waals surface area contributed by atoms with Crippen molar-refractivity contribution in [3.63, 3.8) is 0 Å². The van der Waals surface area contributed by atoms with E-state index in [0.717, 1.165) is 5.56 Å². The van der Waals surface area contributed by atoms with Crippen LogP contribution in [0.3, 0.4) is 0 Å². The zero-order valence-corrected chi connectivity index (χ0v) is 11.6. The average Bonchev–Trinajstić information content (AvgIpc) is 2.45. The fraction of sp³-hybridized carbons (Fsp3) is 0.167. The number of para-hydroxylation sites is 1. The Hall–Kier alpha value is -2.35. The first-order valence-electron chi connectivity index (χ1n) is 6.69. The Balaban J connectivity index is 2.00. The number of Topliss-reactive ketones (excluding diaryl/α,β-unsaturated/α-hetero) is 1. The van der Waals surface area contributed by atoms with Gasteiger partial charge in [-0.15, -0.1) is 0 Å². The zero-order chi connectivity index (χ0) is 14.1. The van der Waals surface area contributed by atoms with Crippen LogP contribution >= 0.6 is 0 Å². The molecule has 2 heteroatoms. The van der Waals surface area contributed by atoms with Crippen molar-refractivity contribution in [1.29, 1.82) is 0 Å². The van der Waals surface area contributed by atoms with Crippen molar-refractivity contribution in [2.24, 2.45) is 0 Å². The van der Waals surface area contributed by atoms with Crippen LogP contribution in [-0.4, -0.2) is 12.4 Å². The largest absolute Gasteiger partial charge is 0.488 e. The standard InChI is InChI=1S/C18H16O2/c1-12-7-8-14(13(2)9-12)10-15-11-20-17-6-4-3-5-16(17)18(15)19/h3-10H,11H2,1-2H3.